The highest BCUT2D eigenvalue weighted by Gasteiger charge is 2.06. The maximum atomic E-state index is 10.7. The highest BCUT2D eigenvalue weighted by Crippen LogP contribution is 2.12. The quantitative estimate of drug-likeness (QED) is 0.108. The summed E-state index contributed by atoms with van der Waals surface area (Å²) in [6.07, 6.45) is 21.8. The molecule has 0 radical (unpaired) electrons. The normalized spacial score (nSPS) is 14.3. The van der Waals surface area contributed by atoms with Gasteiger partial charge in [-0.3, -0.25) is 0 Å². The van der Waals surface area contributed by atoms with E-state index in [0.29, 0.717) is 6.42 Å². The van der Waals surface area contributed by atoms with Crippen LogP contribution in [0.15, 0.2) is 83.6 Å². The van der Waals surface area contributed by atoms with Crippen LogP contribution in [0.1, 0.15) is 52.9 Å². The standard InChI is InChI=1S/C28H38O7.3H3N/c1-21(15-18-24(19-26(29)30)20-27(31)32)13-11-9-7-5-6-8-10-12-14-25(35-4)22(2)16-17-23(3)28(33)34;;;/h6,8-12,15-19,21,25H,5,7,13-14,20H2,1-4H3,(H,29,30)(H,31,32)(H,33,34);3*1H3/b8-6+,11-9-,12-10+,18-15-,22-16-,23-17+,24-19+;;;. The number of carboxylic acids is 3. The van der Waals surface area contributed by atoms with Gasteiger partial charge in [0.1, 0.15) is 0 Å². The molecule has 0 saturated heterocycles. The van der Waals surface area contributed by atoms with E-state index in [0.717, 1.165) is 30.9 Å². The summed E-state index contributed by atoms with van der Waals surface area (Å²) < 4.78 is 5.45. The van der Waals surface area contributed by atoms with Crippen molar-refractivity contribution in [2.75, 3.05) is 7.11 Å². The largest absolute Gasteiger partial charge is 0.550 e. The molecule has 0 spiro atoms. The number of carboxylic acid groups (broad SMARTS) is 3. The lowest BCUT2D eigenvalue weighted by molar-refractivity contribution is -0.304. The molecule has 2 unspecified atom stereocenters. The number of aliphatic carboxylic acids is 3. The van der Waals surface area contributed by atoms with Gasteiger partial charge in [0.05, 0.1) is 18.0 Å². The van der Waals surface area contributed by atoms with Crippen molar-refractivity contribution >= 4 is 17.9 Å². The van der Waals surface area contributed by atoms with Gasteiger partial charge in [-0.2, -0.15) is 0 Å². The van der Waals surface area contributed by atoms with Crippen LogP contribution in [-0.2, 0) is 19.1 Å². The van der Waals surface area contributed by atoms with Crippen molar-refractivity contribution in [2.24, 2.45) is 5.92 Å². The molecule has 10 heteroatoms. The molecule has 10 nitrogen and oxygen atoms in total. The van der Waals surface area contributed by atoms with Crippen LogP contribution in [0.5, 0.6) is 0 Å². The average Bonchev–Trinajstić information content (AvgIpc) is 2.78. The van der Waals surface area contributed by atoms with E-state index in [1.807, 2.05) is 38.2 Å². The van der Waals surface area contributed by atoms with Gasteiger partial charge in [-0.25, -0.2) is 0 Å². The molecule has 0 aliphatic heterocycles. The Morgan fingerprint density at radius 3 is 2.00 bits per heavy atom. The first-order valence-corrected chi connectivity index (χ1v) is 11.4. The Labute approximate surface area is 226 Å². The zero-order chi connectivity index (χ0) is 26.6. The van der Waals surface area contributed by atoms with Crippen molar-refractivity contribution in [2.45, 2.75) is 59.0 Å². The van der Waals surface area contributed by atoms with Crippen LogP contribution >= 0.6 is 0 Å². The van der Waals surface area contributed by atoms with E-state index in [4.69, 9.17) is 4.74 Å². The summed E-state index contributed by atoms with van der Waals surface area (Å²) in [6.45, 7) is 5.32. The molecule has 216 valence electrons. The molecule has 2 atom stereocenters. The second-order valence-corrected chi connectivity index (χ2v) is 8.07. The number of hydrogen-bond acceptors (Lipinski definition) is 7. The Balaban J connectivity index is -0.00000193. The number of carbonyl (C=O) groups excluding carboxylic acids is 3. The Hall–Kier alpha value is -3.57. The van der Waals surface area contributed by atoms with Gasteiger partial charge in [0.2, 0.25) is 0 Å². The summed E-state index contributed by atoms with van der Waals surface area (Å²) in [7, 11) is 1.61. The van der Waals surface area contributed by atoms with E-state index in [-0.39, 0.29) is 41.6 Å². The predicted molar refractivity (Wildman–Crippen MR) is 148 cm³/mol. The molecule has 0 aromatic rings. The number of allylic oxidation sites excluding steroid dienone is 9. The van der Waals surface area contributed by atoms with Gasteiger partial charge in [-0.1, -0.05) is 67.7 Å². The Morgan fingerprint density at radius 1 is 0.842 bits per heavy atom. The second kappa shape index (κ2) is 25.1. The van der Waals surface area contributed by atoms with Gasteiger partial charge in [0.25, 0.3) is 0 Å². The molecule has 0 aliphatic rings. The third-order valence-corrected chi connectivity index (χ3v) is 4.91. The first kappa shape index (κ1) is 41.6. The minimum atomic E-state index is -1.44. The molecule has 0 aliphatic carbocycles. The van der Waals surface area contributed by atoms with Gasteiger partial charge >= 0.3 is 0 Å². The molecule has 0 aromatic carbocycles. The molecule has 0 rings (SSSR count). The van der Waals surface area contributed by atoms with Crippen LogP contribution < -0.4 is 33.8 Å². The number of rotatable bonds is 17. The zero-order valence-electron chi connectivity index (χ0n) is 23.9. The molecule has 0 heterocycles. The zero-order valence-corrected chi connectivity index (χ0v) is 23.9. The van der Waals surface area contributed by atoms with Gasteiger partial charge in [-0.05, 0) is 68.2 Å². The van der Waals surface area contributed by atoms with Crippen LogP contribution in [0.3, 0.4) is 0 Å². The summed E-state index contributed by atoms with van der Waals surface area (Å²) in [5.74, 6) is -3.86. The second-order valence-electron chi connectivity index (χ2n) is 8.07. The third-order valence-electron chi connectivity index (χ3n) is 4.91. The molecule has 0 saturated carbocycles. The summed E-state index contributed by atoms with van der Waals surface area (Å²) in [5, 5.41) is 32.1. The summed E-state index contributed by atoms with van der Waals surface area (Å²) in [4.78, 5) is 32.1. The van der Waals surface area contributed by atoms with Gasteiger partial charge < -0.3 is 52.9 Å². The van der Waals surface area contributed by atoms with Gasteiger partial charge in [-0.15, -0.1) is 0 Å². The molecule has 12 N–H and O–H groups in total. The number of carbonyl (C=O) groups is 3. The number of hydrogen-bond donors (Lipinski definition) is 3. The molecule has 38 heavy (non-hydrogen) atoms. The topological polar surface area (TPSA) is 239 Å². The summed E-state index contributed by atoms with van der Waals surface area (Å²) >= 11 is 0. The lowest BCUT2D eigenvalue weighted by atomic mass is 10.0. The number of methoxy groups -OCH3 is 1. The highest BCUT2D eigenvalue weighted by molar-refractivity contribution is 5.84. The average molecular weight is 538 g/mol. The number of quaternary nitrogens is 3. The smallest absolute Gasteiger partial charge is 0.0816 e. The van der Waals surface area contributed by atoms with E-state index in [1.165, 1.54) is 19.1 Å². The van der Waals surface area contributed by atoms with Crippen LogP contribution in [-0.4, -0.2) is 31.1 Å². The summed E-state index contributed by atoms with van der Waals surface area (Å²) in [6, 6.07) is 0. The fraction of sp³-hybridized carbons (Fsp3) is 0.393. The maximum Gasteiger partial charge on any atom is 0.0816 e. The van der Waals surface area contributed by atoms with Crippen LogP contribution in [0.2, 0.25) is 0 Å². The van der Waals surface area contributed by atoms with E-state index in [2.05, 4.69) is 12.2 Å². The maximum absolute atomic E-state index is 10.7. The van der Waals surface area contributed by atoms with Crippen molar-refractivity contribution in [1.82, 2.24) is 18.5 Å². The molecule has 0 bridgehead atoms. The van der Waals surface area contributed by atoms with E-state index >= 15 is 0 Å². The predicted octanol–water partition coefficient (Wildman–Crippen LogP) is 3.01. The molecular formula is C28H47N3O7. The molecule has 0 aromatic heterocycles. The van der Waals surface area contributed by atoms with E-state index < -0.39 is 24.3 Å². The first-order valence-electron chi connectivity index (χ1n) is 11.4. The van der Waals surface area contributed by atoms with Crippen LogP contribution in [0.25, 0.3) is 0 Å². The van der Waals surface area contributed by atoms with Crippen molar-refractivity contribution in [3.63, 3.8) is 0 Å². The SMILES string of the molecule is COC(C/C=C/C=C/CC/C=C\CC(C)/C=C\C(=C/C(=O)[O-])CC(=O)[O-])/C(C)=C\C=C(/C)C(=O)[O-].[NH4+].[NH4+].[NH4+]. The van der Waals surface area contributed by atoms with E-state index in [1.54, 1.807) is 19.3 Å². The van der Waals surface area contributed by atoms with Crippen LogP contribution in [0, 0.1) is 5.92 Å². The minimum Gasteiger partial charge on any atom is -0.550 e. The summed E-state index contributed by atoms with van der Waals surface area (Å²) in [5.41, 5.74) is 1.21. The lowest BCUT2D eigenvalue weighted by Gasteiger charge is -2.13. The highest BCUT2D eigenvalue weighted by atomic mass is 16.5. The minimum absolute atomic E-state index is 0. The lowest BCUT2D eigenvalue weighted by Crippen LogP contribution is -2.24. The molecule has 0 fully saturated rings. The third kappa shape index (κ3) is 22.9. The Morgan fingerprint density at radius 2 is 1.45 bits per heavy atom. The fourth-order valence-electron chi connectivity index (χ4n) is 2.82. The van der Waals surface area contributed by atoms with Crippen molar-refractivity contribution in [1.29, 1.82) is 0 Å². The van der Waals surface area contributed by atoms with Crippen molar-refractivity contribution in [3.8, 4) is 0 Å². The number of unbranched alkanes of at least 4 members (excludes halogenated alkanes) is 1. The van der Waals surface area contributed by atoms with Crippen molar-refractivity contribution in [3.05, 3.63) is 83.6 Å². The fourth-order valence-corrected chi connectivity index (χ4v) is 2.82. The van der Waals surface area contributed by atoms with Gasteiger partial charge in [0.15, 0.2) is 0 Å². The van der Waals surface area contributed by atoms with E-state index in [9.17, 15) is 29.7 Å². The monoisotopic (exact) mass is 537 g/mol. The Kier molecular flexibility index (Phi) is 27.4. The first-order chi connectivity index (χ1) is 16.6. The molecule has 0 amide bonds. The van der Waals surface area contributed by atoms with Crippen LogP contribution in [0.4, 0.5) is 0 Å². The number of ether oxygens (including phenoxy) is 1. The van der Waals surface area contributed by atoms with Gasteiger partial charge in [0, 0.05) is 19.5 Å². The van der Waals surface area contributed by atoms with Crippen molar-refractivity contribution < 1.29 is 34.4 Å². The Bertz CT molecular complexity index is 913. The molecular weight excluding hydrogens is 490 g/mol.